The van der Waals surface area contributed by atoms with Gasteiger partial charge in [0.05, 0.1) is 13.2 Å². The summed E-state index contributed by atoms with van der Waals surface area (Å²) in [6, 6.07) is 6.65. The molecule has 0 bridgehead atoms. The van der Waals surface area contributed by atoms with Crippen molar-refractivity contribution in [3.63, 3.8) is 0 Å². The molecule has 5 heteroatoms. The second-order valence-electron chi connectivity index (χ2n) is 6.00. The van der Waals surface area contributed by atoms with Crippen molar-refractivity contribution >= 4 is 21.6 Å². The first-order chi connectivity index (χ1) is 10.3. The Hall–Kier alpha value is -0.620. The zero-order chi connectivity index (χ0) is 14.7. The van der Waals surface area contributed by atoms with Gasteiger partial charge in [-0.15, -0.1) is 0 Å². The van der Waals surface area contributed by atoms with E-state index >= 15 is 0 Å². The highest BCUT2D eigenvalue weighted by atomic mass is 79.9. The number of benzene rings is 1. The van der Waals surface area contributed by atoms with Crippen LogP contribution in [0.2, 0.25) is 0 Å². The monoisotopic (exact) mass is 353 g/mol. The van der Waals surface area contributed by atoms with Gasteiger partial charge >= 0.3 is 0 Å². The number of rotatable bonds is 4. The van der Waals surface area contributed by atoms with Crippen LogP contribution in [0.25, 0.3) is 0 Å². The Kier molecular flexibility index (Phi) is 5.16. The molecule has 0 amide bonds. The highest BCUT2D eigenvalue weighted by molar-refractivity contribution is 9.10. The highest BCUT2D eigenvalue weighted by Crippen LogP contribution is 2.28. The third-order valence-corrected chi connectivity index (χ3v) is 4.99. The SMILES string of the molecule is NCC1CCN(Cc2ccc(Br)cc2N2CCOCC2)C1. The van der Waals surface area contributed by atoms with Gasteiger partial charge in [-0.05, 0) is 43.1 Å². The van der Waals surface area contributed by atoms with Gasteiger partial charge in [0.15, 0.2) is 0 Å². The van der Waals surface area contributed by atoms with E-state index < -0.39 is 0 Å². The van der Waals surface area contributed by atoms with Crippen LogP contribution >= 0.6 is 15.9 Å². The molecule has 3 rings (SSSR count). The first-order valence-corrected chi connectivity index (χ1v) is 8.59. The van der Waals surface area contributed by atoms with Gasteiger partial charge in [0.25, 0.3) is 0 Å². The molecule has 116 valence electrons. The maximum Gasteiger partial charge on any atom is 0.0642 e. The third kappa shape index (κ3) is 3.77. The van der Waals surface area contributed by atoms with Crippen molar-refractivity contribution in [1.29, 1.82) is 0 Å². The number of morpholine rings is 1. The van der Waals surface area contributed by atoms with Crippen LogP contribution in [-0.2, 0) is 11.3 Å². The van der Waals surface area contributed by atoms with E-state index in [0.29, 0.717) is 5.92 Å². The van der Waals surface area contributed by atoms with Crippen LogP contribution in [-0.4, -0.2) is 50.8 Å². The van der Waals surface area contributed by atoms with Crippen molar-refractivity contribution in [2.75, 3.05) is 50.8 Å². The topological polar surface area (TPSA) is 41.7 Å². The van der Waals surface area contributed by atoms with Crippen LogP contribution in [0, 0.1) is 5.92 Å². The molecule has 2 heterocycles. The Morgan fingerprint density at radius 2 is 2.05 bits per heavy atom. The fourth-order valence-electron chi connectivity index (χ4n) is 3.26. The first kappa shape index (κ1) is 15.3. The first-order valence-electron chi connectivity index (χ1n) is 7.80. The maximum atomic E-state index is 5.80. The van der Waals surface area contributed by atoms with Crippen LogP contribution in [0.15, 0.2) is 22.7 Å². The lowest BCUT2D eigenvalue weighted by atomic mass is 10.1. The second-order valence-corrected chi connectivity index (χ2v) is 6.91. The molecule has 21 heavy (non-hydrogen) atoms. The molecule has 2 N–H and O–H groups in total. The van der Waals surface area contributed by atoms with Gasteiger partial charge in [0.1, 0.15) is 0 Å². The maximum absolute atomic E-state index is 5.80. The molecule has 0 saturated carbocycles. The molecule has 1 aromatic rings. The van der Waals surface area contributed by atoms with Crippen molar-refractivity contribution < 1.29 is 4.74 Å². The summed E-state index contributed by atoms with van der Waals surface area (Å²) in [4.78, 5) is 4.98. The quantitative estimate of drug-likeness (QED) is 0.899. The third-order valence-electron chi connectivity index (χ3n) is 4.50. The Morgan fingerprint density at radius 3 is 2.76 bits per heavy atom. The Labute approximate surface area is 135 Å². The average Bonchev–Trinajstić information content (AvgIpc) is 2.98. The van der Waals surface area contributed by atoms with E-state index in [4.69, 9.17) is 10.5 Å². The van der Waals surface area contributed by atoms with E-state index in [1.165, 1.54) is 24.2 Å². The summed E-state index contributed by atoms with van der Waals surface area (Å²) in [6.45, 7) is 7.75. The lowest BCUT2D eigenvalue weighted by Crippen LogP contribution is -2.37. The molecule has 2 saturated heterocycles. The lowest BCUT2D eigenvalue weighted by molar-refractivity contribution is 0.122. The van der Waals surface area contributed by atoms with E-state index in [0.717, 1.165) is 50.4 Å². The summed E-state index contributed by atoms with van der Waals surface area (Å²) in [5, 5.41) is 0. The van der Waals surface area contributed by atoms with Gasteiger partial charge in [-0.3, -0.25) is 4.90 Å². The molecular weight excluding hydrogens is 330 g/mol. The minimum absolute atomic E-state index is 0.673. The van der Waals surface area contributed by atoms with Crippen molar-refractivity contribution in [2.45, 2.75) is 13.0 Å². The van der Waals surface area contributed by atoms with Crippen LogP contribution < -0.4 is 10.6 Å². The molecule has 0 aliphatic carbocycles. The highest BCUT2D eigenvalue weighted by Gasteiger charge is 2.23. The largest absolute Gasteiger partial charge is 0.378 e. The number of likely N-dealkylation sites (tertiary alicyclic amines) is 1. The van der Waals surface area contributed by atoms with Gasteiger partial charge in [-0.25, -0.2) is 0 Å². The standard InChI is InChI=1S/C16H24BrN3O/c17-15-2-1-14(12-19-4-3-13(10-18)11-19)16(9-15)20-5-7-21-8-6-20/h1-2,9,13H,3-8,10-12,18H2. The number of hydrogen-bond acceptors (Lipinski definition) is 4. The zero-order valence-corrected chi connectivity index (χ0v) is 14.0. The van der Waals surface area contributed by atoms with E-state index in [1.54, 1.807) is 0 Å². The number of nitrogens with two attached hydrogens (primary N) is 1. The summed E-state index contributed by atoms with van der Waals surface area (Å²) in [5.41, 5.74) is 8.57. The van der Waals surface area contributed by atoms with Gasteiger partial charge in [-0.2, -0.15) is 0 Å². The number of ether oxygens (including phenoxy) is 1. The summed E-state index contributed by atoms with van der Waals surface area (Å²) >= 11 is 3.61. The summed E-state index contributed by atoms with van der Waals surface area (Å²) < 4.78 is 6.62. The van der Waals surface area contributed by atoms with Crippen molar-refractivity contribution in [3.8, 4) is 0 Å². The van der Waals surface area contributed by atoms with Crippen LogP contribution in [0.1, 0.15) is 12.0 Å². The number of nitrogens with zero attached hydrogens (tertiary/aromatic N) is 2. The fourth-order valence-corrected chi connectivity index (χ4v) is 3.61. The van der Waals surface area contributed by atoms with Crippen molar-refractivity contribution in [1.82, 2.24) is 4.90 Å². The smallest absolute Gasteiger partial charge is 0.0642 e. The molecule has 1 aromatic carbocycles. The summed E-state index contributed by atoms with van der Waals surface area (Å²) in [5.74, 6) is 0.673. The van der Waals surface area contributed by atoms with Crippen LogP contribution in [0.3, 0.4) is 0 Å². The van der Waals surface area contributed by atoms with E-state index in [1.807, 2.05) is 0 Å². The molecule has 1 unspecified atom stereocenters. The molecule has 0 spiro atoms. The summed E-state index contributed by atoms with van der Waals surface area (Å²) in [7, 11) is 0. The van der Waals surface area contributed by atoms with Gasteiger partial charge < -0.3 is 15.4 Å². The Bertz CT molecular complexity index is 477. The molecule has 0 aromatic heterocycles. The Balaban J connectivity index is 1.74. The molecular formula is C16H24BrN3O. The Morgan fingerprint density at radius 1 is 1.24 bits per heavy atom. The number of hydrogen-bond donors (Lipinski definition) is 1. The minimum Gasteiger partial charge on any atom is -0.378 e. The van der Waals surface area contributed by atoms with Gasteiger partial charge in [0.2, 0.25) is 0 Å². The van der Waals surface area contributed by atoms with Gasteiger partial charge in [0, 0.05) is 36.3 Å². The predicted octanol–water partition coefficient (Wildman–Crippen LogP) is 2.07. The molecule has 0 radical (unpaired) electrons. The minimum atomic E-state index is 0.673. The molecule has 1 atom stereocenters. The second kappa shape index (κ2) is 7.09. The predicted molar refractivity (Wildman–Crippen MR) is 89.6 cm³/mol. The zero-order valence-electron chi connectivity index (χ0n) is 12.4. The lowest BCUT2D eigenvalue weighted by Gasteiger charge is -2.31. The molecule has 2 aliphatic heterocycles. The normalized spacial score (nSPS) is 23.7. The van der Waals surface area contributed by atoms with E-state index in [2.05, 4.69) is 43.9 Å². The van der Waals surface area contributed by atoms with Crippen molar-refractivity contribution in [2.24, 2.45) is 11.7 Å². The molecule has 4 nitrogen and oxygen atoms in total. The van der Waals surface area contributed by atoms with Gasteiger partial charge in [-0.1, -0.05) is 22.0 Å². The number of halogens is 1. The summed E-state index contributed by atoms with van der Waals surface area (Å²) in [6.07, 6.45) is 1.24. The fraction of sp³-hybridized carbons (Fsp3) is 0.625. The van der Waals surface area contributed by atoms with Crippen LogP contribution in [0.4, 0.5) is 5.69 Å². The van der Waals surface area contributed by atoms with Crippen molar-refractivity contribution in [3.05, 3.63) is 28.2 Å². The average molecular weight is 354 g/mol. The van der Waals surface area contributed by atoms with E-state index in [9.17, 15) is 0 Å². The van der Waals surface area contributed by atoms with E-state index in [-0.39, 0.29) is 0 Å². The molecule has 2 fully saturated rings. The van der Waals surface area contributed by atoms with Crippen LogP contribution in [0.5, 0.6) is 0 Å². The number of anilines is 1. The molecule has 2 aliphatic rings.